The number of halogens is 3. The highest BCUT2D eigenvalue weighted by atomic mass is 19.4. The van der Waals surface area contributed by atoms with E-state index in [1.54, 1.807) is 13.0 Å². The highest BCUT2D eigenvalue weighted by Gasteiger charge is 2.27. The maximum absolute atomic E-state index is 12.1. The van der Waals surface area contributed by atoms with Crippen LogP contribution in [0.3, 0.4) is 0 Å². The number of nitrogen functional groups attached to an aromatic ring is 1. The number of nitrogens with two attached hydrogens (primary N) is 1. The molecular weight excluding hydrogens is 239 g/mol. The normalized spacial score (nSPS) is 12.6. The van der Waals surface area contributed by atoms with Crippen molar-refractivity contribution >= 4 is 5.69 Å². The highest BCUT2D eigenvalue weighted by molar-refractivity contribution is 5.50. The molecule has 0 spiro atoms. The van der Waals surface area contributed by atoms with Crippen LogP contribution in [0.5, 0.6) is 0 Å². The van der Waals surface area contributed by atoms with Crippen molar-refractivity contribution < 1.29 is 13.2 Å². The van der Waals surface area contributed by atoms with Crippen LogP contribution in [-0.4, -0.2) is 6.18 Å². The summed E-state index contributed by atoms with van der Waals surface area (Å²) in [4.78, 5) is 0. The Morgan fingerprint density at radius 1 is 1.22 bits per heavy atom. The molecule has 1 aromatic carbocycles. The molecule has 1 rings (SSSR count). The van der Waals surface area contributed by atoms with Gasteiger partial charge >= 0.3 is 6.18 Å². The summed E-state index contributed by atoms with van der Waals surface area (Å²) >= 11 is 0. The Kier molecular flexibility index (Phi) is 6.81. The van der Waals surface area contributed by atoms with E-state index in [1.165, 1.54) is 0 Å². The Hall–Kier alpha value is -1.19. The van der Waals surface area contributed by atoms with Crippen LogP contribution in [0.4, 0.5) is 18.9 Å². The summed E-state index contributed by atoms with van der Waals surface area (Å²) in [6, 6.07) is 5.47. The van der Waals surface area contributed by atoms with Crippen molar-refractivity contribution in [1.29, 1.82) is 0 Å². The predicted octanol–water partition coefficient (Wildman–Crippen LogP) is 5.05. The second kappa shape index (κ2) is 7.29. The van der Waals surface area contributed by atoms with Gasteiger partial charge in [0.15, 0.2) is 0 Å². The van der Waals surface area contributed by atoms with Crippen molar-refractivity contribution in [1.82, 2.24) is 0 Å². The van der Waals surface area contributed by atoms with Gasteiger partial charge in [0.05, 0.1) is 0 Å². The quantitative estimate of drug-likeness (QED) is 0.757. The van der Waals surface area contributed by atoms with Gasteiger partial charge in [0, 0.05) is 12.1 Å². The number of hydrogen-bond donors (Lipinski definition) is 1. The van der Waals surface area contributed by atoms with E-state index in [9.17, 15) is 13.2 Å². The largest absolute Gasteiger partial charge is 0.398 e. The summed E-state index contributed by atoms with van der Waals surface area (Å²) < 4.78 is 36.2. The summed E-state index contributed by atoms with van der Waals surface area (Å²) in [5, 5.41) is 0. The van der Waals surface area contributed by atoms with Crippen LogP contribution in [-0.2, 0) is 0 Å². The average Bonchev–Trinajstić information content (AvgIpc) is 2.28. The molecule has 1 aromatic rings. The van der Waals surface area contributed by atoms with Crippen molar-refractivity contribution in [2.75, 3.05) is 5.73 Å². The Morgan fingerprint density at radius 2 is 1.78 bits per heavy atom. The molecule has 0 amide bonds. The third-order valence-electron chi connectivity index (χ3n) is 2.63. The van der Waals surface area contributed by atoms with Gasteiger partial charge in [-0.05, 0) is 36.5 Å². The zero-order valence-electron chi connectivity index (χ0n) is 11.4. The molecule has 0 bridgehead atoms. The van der Waals surface area contributed by atoms with Crippen molar-refractivity contribution in [2.24, 2.45) is 0 Å². The molecule has 104 valence electrons. The molecular formula is C14H22F3N. The van der Waals surface area contributed by atoms with Crippen LogP contribution < -0.4 is 5.73 Å². The number of aryl methyl sites for hydroxylation is 1. The highest BCUT2D eigenvalue weighted by Crippen LogP contribution is 2.31. The zero-order chi connectivity index (χ0) is 14.3. The zero-order valence-corrected chi connectivity index (χ0v) is 11.4. The van der Waals surface area contributed by atoms with Gasteiger partial charge in [0.25, 0.3) is 0 Å². The van der Waals surface area contributed by atoms with E-state index in [4.69, 9.17) is 5.73 Å². The molecule has 1 atom stereocenters. The molecule has 1 unspecified atom stereocenters. The Balaban J connectivity index is 0.00000137. The van der Waals surface area contributed by atoms with Gasteiger partial charge in [-0.3, -0.25) is 0 Å². The average molecular weight is 261 g/mol. The second-order valence-corrected chi connectivity index (χ2v) is 4.19. The van der Waals surface area contributed by atoms with Crippen molar-refractivity contribution in [3.8, 4) is 0 Å². The maximum atomic E-state index is 12.1. The van der Waals surface area contributed by atoms with E-state index in [0.717, 1.165) is 11.1 Å². The molecule has 0 fully saturated rings. The minimum absolute atomic E-state index is 0.0801. The Morgan fingerprint density at radius 3 is 2.22 bits per heavy atom. The topological polar surface area (TPSA) is 26.0 Å². The summed E-state index contributed by atoms with van der Waals surface area (Å²) in [7, 11) is 0. The van der Waals surface area contributed by atoms with E-state index in [0.29, 0.717) is 5.69 Å². The number of benzene rings is 1. The monoisotopic (exact) mass is 261 g/mol. The van der Waals surface area contributed by atoms with Crippen LogP contribution in [0.2, 0.25) is 0 Å². The van der Waals surface area contributed by atoms with Gasteiger partial charge in [-0.15, -0.1) is 0 Å². The molecule has 18 heavy (non-hydrogen) atoms. The van der Waals surface area contributed by atoms with Crippen LogP contribution in [0, 0.1) is 6.92 Å². The Labute approximate surface area is 107 Å². The summed E-state index contributed by atoms with van der Waals surface area (Å²) in [5.74, 6) is -0.165. The smallest absolute Gasteiger partial charge is 0.389 e. The third-order valence-corrected chi connectivity index (χ3v) is 2.63. The summed E-state index contributed by atoms with van der Waals surface area (Å²) in [6.07, 6.45) is -4.77. The van der Waals surface area contributed by atoms with E-state index < -0.39 is 12.6 Å². The molecule has 0 aliphatic carbocycles. The first kappa shape index (κ1) is 16.8. The minimum Gasteiger partial charge on any atom is -0.398 e. The SMILES string of the molecule is CC.Cc1ccc(C(C)CCC(F)(F)F)c(N)c1. The number of rotatable bonds is 3. The molecule has 0 aromatic heterocycles. The van der Waals surface area contributed by atoms with Gasteiger partial charge in [-0.25, -0.2) is 0 Å². The van der Waals surface area contributed by atoms with E-state index in [-0.39, 0.29) is 12.3 Å². The molecule has 2 N–H and O–H groups in total. The van der Waals surface area contributed by atoms with E-state index >= 15 is 0 Å². The van der Waals surface area contributed by atoms with Crippen LogP contribution in [0.1, 0.15) is 50.7 Å². The second-order valence-electron chi connectivity index (χ2n) is 4.19. The van der Waals surface area contributed by atoms with Crippen LogP contribution >= 0.6 is 0 Å². The lowest BCUT2D eigenvalue weighted by atomic mass is 9.94. The molecule has 0 radical (unpaired) electrons. The van der Waals surface area contributed by atoms with Crippen molar-refractivity contribution in [3.05, 3.63) is 29.3 Å². The lowest BCUT2D eigenvalue weighted by Crippen LogP contribution is -2.09. The third kappa shape index (κ3) is 5.94. The number of alkyl halides is 3. The number of anilines is 1. The first-order valence-corrected chi connectivity index (χ1v) is 6.22. The molecule has 0 heterocycles. The van der Waals surface area contributed by atoms with Gasteiger partial charge in [-0.2, -0.15) is 13.2 Å². The van der Waals surface area contributed by atoms with E-state index in [2.05, 4.69) is 0 Å². The van der Waals surface area contributed by atoms with Gasteiger partial charge < -0.3 is 5.73 Å². The molecule has 0 saturated carbocycles. The van der Waals surface area contributed by atoms with Crippen LogP contribution in [0.25, 0.3) is 0 Å². The van der Waals surface area contributed by atoms with Gasteiger partial charge in [0.2, 0.25) is 0 Å². The standard InChI is InChI=1S/C12H16F3N.C2H6/c1-8-3-4-10(11(16)7-8)9(2)5-6-12(13,14)15;1-2/h3-4,7,9H,5-6,16H2,1-2H3;1-2H3. The van der Waals surface area contributed by atoms with Crippen molar-refractivity contribution in [3.63, 3.8) is 0 Å². The predicted molar refractivity (Wildman–Crippen MR) is 70.6 cm³/mol. The summed E-state index contributed by atoms with van der Waals surface area (Å²) in [6.45, 7) is 7.67. The first-order valence-electron chi connectivity index (χ1n) is 6.22. The minimum atomic E-state index is -4.09. The lowest BCUT2D eigenvalue weighted by molar-refractivity contribution is -0.136. The van der Waals surface area contributed by atoms with Crippen LogP contribution in [0.15, 0.2) is 18.2 Å². The lowest BCUT2D eigenvalue weighted by Gasteiger charge is -2.15. The fourth-order valence-electron chi connectivity index (χ4n) is 1.68. The molecule has 0 saturated heterocycles. The Bertz CT molecular complexity index is 359. The maximum Gasteiger partial charge on any atom is 0.389 e. The first-order chi connectivity index (χ1) is 8.29. The summed E-state index contributed by atoms with van der Waals surface area (Å²) in [5.41, 5.74) is 8.18. The number of hydrogen-bond acceptors (Lipinski definition) is 1. The molecule has 4 heteroatoms. The van der Waals surface area contributed by atoms with E-state index in [1.807, 2.05) is 32.9 Å². The van der Waals surface area contributed by atoms with Gasteiger partial charge in [0.1, 0.15) is 0 Å². The molecule has 1 nitrogen and oxygen atoms in total. The van der Waals surface area contributed by atoms with Crippen molar-refractivity contribution in [2.45, 2.75) is 52.6 Å². The molecule has 0 aliphatic heterocycles. The van der Waals surface area contributed by atoms with Gasteiger partial charge in [-0.1, -0.05) is 32.9 Å². The molecule has 0 aliphatic rings. The fourth-order valence-corrected chi connectivity index (χ4v) is 1.68. The fraction of sp³-hybridized carbons (Fsp3) is 0.571.